The molecule has 0 saturated heterocycles. The van der Waals surface area contributed by atoms with E-state index in [0.717, 1.165) is 30.4 Å². The van der Waals surface area contributed by atoms with Gasteiger partial charge in [0.05, 0.1) is 0 Å². The normalized spacial score (nSPS) is 4.00. The summed E-state index contributed by atoms with van der Waals surface area (Å²) in [6, 6.07) is 0. The Morgan fingerprint density at radius 3 is 0.600 bits per heavy atom. The van der Waals surface area contributed by atoms with Crippen LogP contribution in [0.15, 0.2) is 0 Å². The number of hydrogen-bond donors (Lipinski definition) is 0. The Bertz CT molecular complexity index is 15.7. The molecule has 0 unspecified atom stereocenters. The topological polar surface area (TPSA) is 0 Å². The van der Waals surface area contributed by atoms with Gasteiger partial charge in [-0.3, -0.25) is 0 Å². The molecule has 10 heavy (non-hydrogen) atoms. The minimum Gasteiger partial charge on any atom is -0.115 e. The Kier molecular flexibility index (Phi) is 140. The number of rotatable bonds is 0. The Balaban J connectivity index is -0.0000000246. The maximum atomic E-state index is 2.21. The molecule has 0 spiro atoms. The molecule has 0 aliphatic rings. The Labute approximate surface area is 107 Å². The van der Waals surface area contributed by atoms with Crippen molar-refractivity contribution in [2.24, 2.45) is 0 Å². The van der Waals surface area contributed by atoms with Crippen LogP contribution >= 0.6 is 0 Å². The van der Waals surface area contributed by atoms with E-state index in [-0.39, 0.29) is 0 Å². The molecule has 4 radical (unpaired) electrons. The SMILES string of the molecule is C[Te].C[Te].[CH3][Al][CH3].[CH3][Al][CH3]. The van der Waals surface area contributed by atoms with Crippen LogP contribution in [-0.4, -0.2) is 75.0 Å². The second kappa shape index (κ2) is 61.2. The van der Waals surface area contributed by atoms with Crippen LogP contribution in [0.4, 0.5) is 0 Å². The maximum absolute atomic E-state index is 2.21. The van der Waals surface area contributed by atoms with Gasteiger partial charge in [0.25, 0.3) is 0 Å². The van der Waals surface area contributed by atoms with E-state index in [1.165, 1.54) is 0 Å². The van der Waals surface area contributed by atoms with Gasteiger partial charge in [-0.15, -0.1) is 23.1 Å². The second-order valence-corrected chi connectivity index (χ2v) is 3.46. The first-order chi connectivity index (χ1) is 4.83. The van der Waals surface area contributed by atoms with Crippen LogP contribution in [0.5, 0.6) is 0 Å². The summed E-state index contributed by atoms with van der Waals surface area (Å²) in [5.41, 5.74) is 0. The van der Waals surface area contributed by atoms with Crippen molar-refractivity contribution in [2.75, 3.05) is 0 Å². The van der Waals surface area contributed by atoms with Crippen molar-refractivity contribution in [1.82, 2.24) is 0 Å². The third kappa shape index (κ3) is 142. The minimum absolute atomic E-state index is 0.750. The summed E-state index contributed by atoms with van der Waals surface area (Å²) in [5, 5.41) is 0. The zero-order valence-electron chi connectivity index (χ0n) is 7.97. The molecule has 4 heteroatoms. The molecule has 0 aromatic rings. The zero-order valence-corrected chi connectivity index (χ0v) is 14.9. The molecule has 0 rings (SSSR count). The van der Waals surface area contributed by atoms with Crippen molar-refractivity contribution >= 4 is 75.0 Å². The molecule has 0 fully saturated rings. The minimum atomic E-state index is 0.750. The quantitative estimate of drug-likeness (QED) is 0.547. The first kappa shape index (κ1) is 22.9. The van der Waals surface area contributed by atoms with E-state index in [0.29, 0.717) is 0 Å². The van der Waals surface area contributed by atoms with Crippen molar-refractivity contribution in [3.8, 4) is 0 Å². The van der Waals surface area contributed by atoms with Gasteiger partial charge in [-0.25, -0.2) is 0 Å². The average molecular weight is 399 g/mol. The average Bonchev–Trinajstić information content (AvgIpc) is 1.99. The Morgan fingerprint density at radius 2 is 0.600 bits per heavy atom. The van der Waals surface area contributed by atoms with E-state index in [1.54, 1.807) is 0 Å². The maximum Gasteiger partial charge on any atom is 0.191 e. The van der Waals surface area contributed by atoms with Crippen molar-refractivity contribution in [3.63, 3.8) is 0 Å². The van der Waals surface area contributed by atoms with E-state index < -0.39 is 0 Å². The predicted octanol–water partition coefficient (Wildman–Crippen LogP) is 1.98. The fourth-order valence-corrected chi connectivity index (χ4v) is 0. The Morgan fingerprint density at radius 1 is 0.600 bits per heavy atom. The van der Waals surface area contributed by atoms with Crippen LogP contribution in [0.2, 0.25) is 33.1 Å². The van der Waals surface area contributed by atoms with Crippen LogP contribution in [-0.2, 0) is 0 Å². The first-order valence-electron chi connectivity index (χ1n) is 3.13. The molecule has 0 N–H and O–H groups in total. The number of hydrogen-bond acceptors (Lipinski definition) is 0. The molecule has 0 amide bonds. The van der Waals surface area contributed by atoms with E-state index in [4.69, 9.17) is 0 Å². The van der Waals surface area contributed by atoms with Crippen LogP contribution in [0.3, 0.4) is 0 Å². The third-order valence-electron chi connectivity index (χ3n) is 0. The summed E-state index contributed by atoms with van der Waals surface area (Å²) in [4.78, 5) is 4.02. The molecule has 0 aliphatic heterocycles. The van der Waals surface area contributed by atoms with Gasteiger partial charge in [-0.05, 0) is 0 Å². The van der Waals surface area contributed by atoms with Gasteiger partial charge in [0.2, 0.25) is 0 Å². The zero-order chi connectivity index (χ0) is 9.41. The van der Waals surface area contributed by atoms with Crippen LogP contribution in [0.25, 0.3) is 0 Å². The van der Waals surface area contributed by atoms with Gasteiger partial charge in [-0.2, -0.15) is 0 Å². The van der Waals surface area contributed by atoms with Crippen molar-refractivity contribution in [3.05, 3.63) is 0 Å². The van der Waals surface area contributed by atoms with E-state index in [2.05, 4.69) is 23.1 Å². The third-order valence-corrected chi connectivity index (χ3v) is 0. The summed E-state index contributed by atoms with van der Waals surface area (Å²) in [6.07, 6.45) is 0. The van der Waals surface area contributed by atoms with Gasteiger partial charge in [0.15, 0.2) is 30.4 Å². The summed E-state index contributed by atoms with van der Waals surface area (Å²) < 4.78 is 0. The molecule has 0 aromatic heterocycles. The fourth-order valence-electron chi connectivity index (χ4n) is 0. The van der Waals surface area contributed by atoms with Crippen molar-refractivity contribution < 1.29 is 0 Å². The van der Waals surface area contributed by atoms with E-state index in [1.807, 2.05) is 54.5 Å². The van der Waals surface area contributed by atoms with Gasteiger partial charge in [0, 0.05) is 0 Å². The van der Waals surface area contributed by atoms with Gasteiger partial charge < -0.3 is 0 Å². The molecule has 60 valence electrons. The molecular formula is C6H18Al2Te2. The van der Waals surface area contributed by atoms with Crippen LogP contribution in [0.1, 0.15) is 0 Å². The van der Waals surface area contributed by atoms with Gasteiger partial charge in [-0.1, -0.05) is 0 Å². The fraction of sp³-hybridized carbons (Fsp3) is 1.00. The molecular weight excluding hydrogens is 381 g/mol. The van der Waals surface area contributed by atoms with Crippen molar-refractivity contribution in [1.29, 1.82) is 0 Å². The summed E-state index contributed by atoms with van der Waals surface area (Å²) in [7, 11) is 0. The molecule has 0 atom stereocenters. The summed E-state index contributed by atoms with van der Waals surface area (Å²) >= 11 is 5.40. The molecule has 0 bridgehead atoms. The smallest absolute Gasteiger partial charge is 0.115 e. The predicted molar refractivity (Wildman–Crippen MR) is 58.2 cm³/mol. The van der Waals surface area contributed by atoms with Crippen LogP contribution in [0, 0.1) is 0 Å². The van der Waals surface area contributed by atoms with Crippen LogP contribution < -0.4 is 0 Å². The second-order valence-electron chi connectivity index (χ2n) is 1.15. The summed E-state index contributed by atoms with van der Waals surface area (Å²) in [6.45, 7) is 0. The largest absolute Gasteiger partial charge is 0.191 e. The molecule has 0 heterocycles. The Hall–Kier alpha value is 2.64. The standard InChI is InChI=1S/2CH3Te.4CH3.2Al/c2*1-2;;;;;;/h2*1H3;4*1H3;;. The van der Waals surface area contributed by atoms with E-state index >= 15 is 0 Å². The monoisotopic (exact) mass is 404 g/mol. The van der Waals surface area contributed by atoms with E-state index in [9.17, 15) is 0 Å². The molecule has 0 saturated carbocycles. The van der Waals surface area contributed by atoms with Gasteiger partial charge in [0.1, 0.15) is 0 Å². The molecule has 0 aliphatic carbocycles. The summed E-state index contributed by atoms with van der Waals surface area (Å²) in [5.74, 6) is 8.83. The molecule has 0 aromatic carbocycles. The van der Waals surface area contributed by atoms with Crippen molar-refractivity contribution in [2.45, 2.75) is 33.1 Å². The first-order valence-corrected chi connectivity index (χ1v) is 12.4. The molecule has 0 nitrogen and oxygen atoms in total. The van der Waals surface area contributed by atoms with Gasteiger partial charge >= 0.3 is 54.5 Å².